The van der Waals surface area contributed by atoms with Gasteiger partial charge in [-0.25, -0.2) is 4.79 Å². The quantitative estimate of drug-likeness (QED) is 0.705. The number of hydrogen-bond donors (Lipinski definition) is 0. The van der Waals surface area contributed by atoms with Crippen LogP contribution in [0.25, 0.3) is 0 Å². The number of rotatable bonds is 5. The minimum atomic E-state index is -0.490. The zero-order chi connectivity index (χ0) is 13.8. The van der Waals surface area contributed by atoms with E-state index < -0.39 is 5.60 Å². The maximum atomic E-state index is 11.6. The molecule has 0 bridgehead atoms. The van der Waals surface area contributed by atoms with Crippen molar-refractivity contribution in [3.05, 3.63) is 0 Å². The van der Waals surface area contributed by atoms with Crippen LogP contribution in [-0.4, -0.2) is 48.7 Å². The number of likely N-dealkylation sites (tertiary alicyclic amines) is 1. The van der Waals surface area contributed by atoms with Gasteiger partial charge in [0, 0.05) is 19.7 Å². The third-order valence-electron chi connectivity index (χ3n) is 2.58. The molecule has 5 nitrogen and oxygen atoms in total. The van der Waals surface area contributed by atoms with Gasteiger partial charge in [-0.3, -0.25) is 4.79 Å². The van der Waals surface area contributed by atoms with E-state index in [0.717, 1.165) is 6.42 Å². The summed E-state index contributed by atoms with van der Waals surface area (Å²) < 4.78 is 10.4. The van der Waals surface area contributed by atoms with E-state index in [0.29, 0.717) is 19.7 Å². The van der Waals surface area contributed by atoms with Gasteiger partial charge >= 0.3 is 6.09 Å². The van der Waals surface area contributed by atoms with Crippen molar-refractivity contribution < 1.29 is 19.1 Å². The van der Waals surface area contributed by atoms with Crippen molar-refractivity contribution in [3.63, 3.8) is 0 Å². The SMILES string of the molecule is CCCOCC(=O)C1CN(C(=O)OC(C)(C)C)C1. The average Bonchev–Trinajstić information content (AvgIpc) is 2.12. The summed E-state index contributed by atoms with van der Waals surface area (Å²) in [7, 11) is 0. The van der Waals surface area contributed by atoms with Crippen molar-refractivity contribution >= 4 is 11.9 Å². The average molecular weight is 257 g/mol. The standard InChI is InChI=1S/C13H23NO4/c1-5-6-17-9-11(15)10-7-14(8-10)12(16)18-13(2,3)4/h10H,5-9H2,1-4H3. The first kappa shape index (κ1) is 15.0. The summed E-state index contributed by atoms with van der Waals surface area (Å²) >= 11 is 0. The van der Waals surface area contributed by atoms with Crippen LogP contribution in [0, 0.1) is 5.92 Å². The highest BCUT2D eigenvalue weighted by Gasteiger charge is 2.37. The van der Waals surface area contributed by atoms with E-state index in [1.807, 2.05) is 27.7 Å². The second-order valence-electron chi connectivity index (χ2n) is 5.60. The molecule has 1 fully saturated rings. The second-order valence-corrected chi connectivity index (χ2v) is 5.60. The van der Waals surface area contributed by atoms with Gasteiger partial charge in [0.2, 0.25) is 0 Å². The fourth-order valence-electron chi connectivity index (χ4n) is 1.59. The van der Waals surface area contributed by atoms with Crippen LogP contribution in [0.5, 0.6) is 0 Å². The Balaban J connectivity index is 2.23. The molecule has 0 aliphatic carbocycles. The Morgan fingerprint density at radius 2 is 1.89 bits per heavy atom. The molecular weight excluding hydrogens is 234 g/mol. The third-order valence-corrected chi connectivity index (χ3v) is 2.58. The molecule has 0 unspecified atom stereocenters. The number of ether oxygens (including phenoxy) is 2. The molecule has 0 spiro atoms. The summed E-state index contributed by atoms with van der Waals surface area (Å²) in [6.07, 6.45) is 0.558. The van der Waals surface area contributed by atoms with Crippen molar-refractivity contribution in [3.8, 4) is 0 Å². The summed E-state index contributed by atoms with van der Waals surface area (Å²) in [6, 6.07) is 0. The van der Waals surface area contributed by atoms with Gasteiger partial charge in [-0.05, 0) is 27.2 Å². The zero-order valence-electron chi connectivity index (χ0n) is 11.7. The molecule has 1 saturated heterocycles. The largest absolute Gasteiger partial charge is 0.444 e. The molecule has 1 aliphatic rings. The van der Waals surface area contributed by atoms with E-state index in [9.17, 15) is 9.59 Å². The summed E-state index contributed by atoms with van der Waals surface area (Å²) in [5, 5.41) is 0. The van der Waals surface area contributed by atoms with Gasteiger partial charge < -0.3 is 14.4 Å². The number of carbonyl (C=O) groups excluding carboxylic acids is 2. The van der Waals surface area contributed by atoms with E-state index in [1.165, 1.54) is 0 Å². The van der Waals surface area contributed by atoms with Gasteiger partial charge in [-0.2, -0.15) is 0 Å². The molecule has 18 heavy (non-hydrogen) atoms. The summed E-state index contributed by atoms with van der Waals surface area (Å²) in [5.74, 6) is -0.0161. The smallest absolute Gasteiger partial charge is 0.410 e. The van der Waals surface area contributed by atoms with Crippen molar-refractivity contribution in [2.24, 2.45) is 5.92 Å². The van der Waals surface area contributed by atoms with Crippen LogP contribution in [-0.2, 0) is 14.3 Å². The van der Waals surface area contributed by atoms with Gasteiger partial charge in [0.25, 0.3) is 0 Å². The molecule has 0 radical (unpaired) electrons. The number of hydrogen-bond acceptors (Lipinski definition) is 4. The van der Waals surface area contributed by atoms with Crippen molar-refractivity contribution in [2.45, 2.75) is 39.7 Å². The van der Waals surface area contributed by atoms with E-state index in [1.54, 1.807) is 4.90 Å². The van der Waals surface area contributed by atoms with Gasteiger partial charge in [0.1, 0.15) is 12.2 Å². The Hall–Kier alpha value is -1.10. The van der Waals surface area contributed by atoms with Gasteiger partial charge in [-0.15, -0.1) is 0 Å². The lowest BCUT2D eigenvalue weighted by Crippen LogP contribution is -2.54. The van der Waals surface area contributed by atoms with Crippen LogP contribution in [0.1, 0.15) is 34.1 Å². The summed E-state index contributed by atoms with van der Waals surface area (Å²) in [4.78, 5) is 24.8. The molecule has 1 rings (SSSR count). The molecule has 0 N–H and O–H groups in total. The molecule has 1 heterocycles. The minimum Gasteiger partial charge on any atom is -0.444 e. The molecular formula is C13H23NO4. The lowest BCUT2D eigenvalue weighted by atomic mass is 9.96. The minimum absolute atomic E-state index is 0.0725. The van der Waals surface area contributed by atoms with Gasteiger partial charge in [0.05, 0.1) is 5.92 Å². The number of nitrogens with zero attached hydrogens (tertiary/aromatic N) is 1. The van der Waals surface area contributed by atoms with E-state index in [2.05, 4.69) is 0 Å². The molecule has 0 saturated carbocycles. The number of amides is 1. The van der Waals surface area contributed by atoms with E-state index in [-0.39, 0.29) is 24.4 Å². The fourth-order valence-corrected chi connectivity index (χ4v) is 1.59. The monoisotopic (exact) mass is 257 g/mol. The predicted octanol–water partition coefficient (Wildman–Crippen LogP) is 1.85. The number of carbonyl (C=O) groups is 2. The first-order chi connectivity index (χ1) is 8.33. The molecule has 104 valence electrons. The van der Waals surface area contributed by atoms with Crippen LogP contribution in [0.3, 0.4) is 0 Å². The number of Topliss-reactive ketones (excluding diaryl/α,β-unsaturated/α-hetero) is 1. The maximum Gasteiger partial charge on any atom is 0.410 e. The highest BCUT2D eigenvalue weighted by molar-refractivity contribution is 5.85. The van der Waals surface area contributed by atoms with Crippen molar-refractivity contribution in [1.82, 2.24) is 4.90 Å². The Kier molecular flexibility index (Phi) is 5.14. The topological polar surface area (TPSA) is 55.8 Å². The molecule has 1 amide bonds. The Bertz CT molecular complexity index is 303. The highest BCUT2D eigenvalue weighted by atomic mass is 16.6. The third kappa shape index (κ3) is 4.64. The molecule has 5 heteroatoms. The highest BCUT2D eigenvalue weighted by Crippen LogP contribution is 2.20. The Morgan fingerprint density at radius 3 is 2.39 bits per heavy atom. The predicted molar refractivity (Wildman–Crippen MR) is 67.4 cm³/mol. The zero-order valence-corrected chi connectivity index (χ0v) is 11.7. The molecule has 0 aromatic heterocycles. The normalized spacial score (nSPS) is 16.3. The lowest BCUT2D eigenvalue weighted by molar-refractivity contribution is -0.132. The Labute approximate surface area is 108 Å². The first-order valence-corrected chi connectivity index (χ1v) is 6.42. The van der Waals surface area contributed by atoms with Crippen molar-refractivity contribution in [2.75, 3.05) is 26.3 Å². The van der Waals surface area contributed by atoms with Crippen LogP contribution >= 0.6 is 0 Å². The van der Waals surface area contributed by atoms with Crippen LogP contribution < -0.4 is 0 Å². The fraction of sp³-hybridized carbons (Fsp3) is 0.846. The van der Waals surface area contributed by atoms with Gasteiger partial charge in [-0.1, -0.05) is 6.92 Å². The van der Waals surface area contributed by atoms with Gasteiger partial charge in [0.15, 0.2) is 5.78 Å². The van der Waals surface area contributed by atoms with Crippen LogP contribution in [0.4, 0.5) is 4.79 Å². The van der Waals surface area contributed by atoms with E-state index in [4.69, 9.17) is 9.47 Å². The molecule has 0 atom stereocenters. The molecule has 0 aromatic rings. The van der Waals surface area contributed by atoms with Crippen LogP contribution in [0.15, 0.2) is 0 Å². The lowest BCUT2D eigenvalue weighted by Gasteiger charge is -2.38. The first-order valence-electron chi connectivity index (χ1n) is 6.42. The van der Waals surface area contributed by atoms with Crippen LogP contribution in [0.2, 0.25) is 0 Å². The molecule has 0 aromatic carbocycles. The summed E-state index contributed by atoms with van der Waals surface area (Å²) in [6.45, 7) is 9.13. The number of ketones is 1. The molecule has 1 aliphatic heterocycles. The van der Waals surface area contributed by atoms with E-state index >= 15 is 0 Å². The maximum absolute atomic E-state index is 11.6. The van der Waals surface area contributed by atoms with Crippen molar-refractivity contribution in [1.29, 1.82) is 0 Å². The second kappa shape index (κ2) is 6.18. The summed E-state index contributed by atoms with van der Waals surface area (Å²) in [5.41, 5.74) is -0.490. The Morgan fingerprint density at radius 1 is 1.28 bits per heavy atom.